The first-order chi connectivity index (χ1) is 8.72. The van der Waals surface area contributed by atoms with Crippen LogP contribution < -0.4 is 0 Å². The van der Waals surface area contributed by atoms with Crippen LogP contribution in [0.2, 0.25) is 0 Å². The Morgan fingerprint density at radius 1 is 1.06 bits per heavy atom. The maximum absolute atomic E-state index is 9.72. The maximum Gasteiger partial charge on any atom is 0.156 e. The second-order valence-electron chi connectivity index (χ2n) is 3.70. The van der Waals surface area contributed by atoms with Crippen molar-refractivity contribution in [3.63, 3.8) is 0 Å². The summed E-state index contributed by atoms with van der Waals surface area (Å²) in [5.41, 5.74) is 0.961. The first-order valence-electron chi connectivity index (χ1n) is 5.28. The highest BCUT2D eigenvalue weighted by Gasteiger charge is 2.08. The fourth-order valence-corrected chi connectivity index (χ4v) is 3.61. The van der Waals surface area contributed by atoms with Gasteiger partial charge in [0.25, 0.3) is 0 Å². The van der Waals surface area contributed by atoms with E-state index in [2.05, 4.69) is 4.98 Å². The van der Waals surface area contributed by atoms with Gasteiger partial charge in [-0.25, -0.2) is 4.98 Å². The number of phenols is 2. The van der Waals surface area contributed by atoms with E-state index >= 15 is 0 Å². The van der Waals surface area contributed by atoms with E-state index in [9.17, 15) is 10.2 Å². The molecule has 0 fully saturated rings. The van der Waals surface area contributed by atoms with Crippen LogP contribution in [0.4, 0.5) is 0 Å². The highest BCUT2D eigenvalue weighted by atomic mass is 32.2. The minimum Gasteiger partial charge on any atom is -0.508 e. The molecule has 2 aromatic carbocycles. The molecule has 90 valence electrons. The number of thiazole rings is 1. The SMILES string of the molecule is Oc1ccc(Sc2nc3ccccc3s2)c(O)c1. The van der Waals surface area contributed by atoms with Gasteiger partial charge in [-0.15, -0.1) is 11.3 Å². The Balaban J connectivity index is 1.96. The third-order valence-corrected chi connectivity index (χ3v) is 4.58. The molecule has 0 radical (unpaired) electrons. The van der Waals surface area contributed by atoms with E-state index in [1.54, 1.807) is 23.5 Å². The van der Waals surface area contributed by atoms with Crippen molar-refractivity contribution in [3.8, 4) is 11.5 Å². The Hall–Kier alpha value is -1.72. The lowest BCUT2D eigenvalue weighted by Crippen LogP contribution is -1.74. The Morgan fingerprint density at radius 2 is 1.89 bits per heavy atom. The molecule has 0 aliphatic heterocycles. The van der Waals surface area contributed by atoms with Crippen molar-refractivity contribution >= 4 is 33.3 Å². The normalized spacial score (nSPS) is 10.9. The van der Waals surface area contributed by atoms with Crippen LogP contribution in [0.5, 0.6) is 11.5 Å². The standard InChI is InChI=1S/C13H9NO2S2/c15-8-5-6-12(10(16)7-8)18-13-14-9-3-1-2-4-11(9)17-13/h1-7,15-16H. The van der Waals surface area contributed by atoms with Crippen LogP contribution in [-0.2, 0) is 0 Å². The molecular formula is C13H9NO2S2. The van der Waals surface area contributed by atoms with Crippen LogP contribution >= 0.6 is 23.1 Å². The van der Waals surface area contributed by atoms with Gasteiger partial charge in [0.05, 0.1) is 15.1 Å². The summed E-state index contributed by atoms with van der Waals surface area (Å²) in [7, 11) is 0. The first kappa shape index (κ1) is 11.4. The molecule has 0 amide bonds. The van der Waals surface area contributed by atoms with E-state index in [1.807, 2.05) is 24.3 Å². The van der Waals surface area contributed by atoms with Gasteiger partial charge in [-0.1, -0.05) is 23.9 Å². The second kappa shape index (κ2) is 4.51. The fourth-order valence-electron chi connectivity index (χ4n) is 1.58. The van der Waals surface area contributed by atoms with E-state index in [4.69, 9.17) is 0 Å². The molecular weight excluding hydrogens is 266 g/mol. The number of hydrogen-bond donors (Lipinski definition) is 2. The van der Waals surface area contributed by atoms with Gasteiger partial charge in [0, 0.05) is 6.07 Å². The number of rotatable bonds is 2. The van der Waals surface area contributed by atoms with E-state index < -0.39 is 0 Å². The molecule has 3 rings (SSSR count). The second-order valence-corrected chi connectivity index (χ2v) is 6.02. The summed E-state index contributed by atoms with van der Waals surface area (Å²) >= 11 is 2.98. The first-order valence-corrected chi connectivity index (χ1v) is 6.91. The zero-order chi connectivity index (χ0) is 12.5. The van der Waals surface area contributed by atoms with E-state index in [0.717, 1.165) is 14.6 Å². The van der Waals surface area contributed by atoms with Crippen LogP contribution in [-0.4, -0.2) is 15.2 Å². The molecule has 0 aliphatic rings. The fraction of sp³-hybridized carbons (Fsp3) is 0. The average Bonchev–Trinajstić information content (AvgIpc) is 2.75. The van der Waals surface area contributed by atoms with Crippen molar-refractivity contribution in [3.05, 3.63) is 42.5 Å². The molecule has 0 bridgehead atoms. The summed E-state index contributed by atoms with van der Waals surface area (Å²) in [6, 6.07) is 12.5. The summed E-state index contributed by atoms with van der Waals surface area (Å²) in [6.07, 6.45) is 0. The molecule has 1 aromatic heterocycles. The third kappa shape index (κ3) is 2.14. The van der Waals surface area contributed by atoms with Gasteiger partial charge >= 0.3 is 0 Å². The molecule has 18 heavy (non-hydrogen) atoms. The molecule has 3 nitrogen and oxygen atoms in total. The molecule has 1 heterocycles. The van der Waals surface area contributed by atoms with Crippen LogP contribution in [0.25, 0.3) is 10.2 Å². The molecule has 2 N–H and O–H groups in total. The van der Waals surface area contributed by atoms with Crippen LogP contribution in [0.3, 0.4) is 0 Å². The lowest BCUT2D eigenvalue weighted by molar-refractivity contribution is 0.442. The highest BCUT2D eigenvalue weighted by molar-refractivity contribution is 8.01. The van der Waals surface area contributed by atoms with Gasteiger partial charge in [-0.2, -0.15) is 0 Å². The highest BCUT2D eigenvalue weighted by Crippen LogP contribution is 2.39. The van der Waals surface area contributed by atoms with Crippen LogP contribution in [0.15, 0.2) is 51.7 Å². The number of aromatic hydroxyl groups is 2. The van der Waals surface area contributed by atoms with Crippen molar-refractivity contribution in [1.82, 2.24) is 4.98 Å². The number of nitrogens with zero attached hydrogens (tertiary/aromatic N) is 1. The summed E-state index contributed by atoms with van der Waals surface area (Å²) < 4.78 is 2.00. The number of phenolic OH excluding ortho intramolecular Hbond substituents is 2. The Labute approximate surface area is 112 Å². The Bertz CT molecular complexity index is 676. The van der Waals surface area contributed by atoms with Crippen molar-refractivity contribution in [2.24, 2.45) is 0 Å². The molecule has 0 saturated heterocycles. The lowest BCUT2D eigenvalue weighted by Gasteiger charge is -2.01. The number of fused-ring (bicyclic) bond motifs is 1. The maximum atomic E-state index is 9.72. The van der Waals surface area contributed by atoms with E-state index in [1.165, 1.54) is 17.8 Å². The topological polar surface area (TPSA) is 53.4 Å². The van der Waals surface area contributed by atoms with Crippen LogP contribution in [0, 0.1) is 0 Å². The van der Waals surface area contributed by atoms with Gasteiger partial charge in [0.15, 0.2) is 4.34 Å². The Morgan fingerprint density at radius 3 is 2.67 bits per heavy atom. The number of para-hydroxylation sites is 1. The van der Waals surface area contributed by atoms with Gasteiger partial charge in [-0.05, 0) is 24.3 Å². The quantitative estimate of drug-likeness (QED) is 0.745. The average molecular weight is 275 g/mol. The minimum atomic E-state index is 0.0566. The minimum absolute atomic E-state index is 0.0566. The molecule has 0 spiro atoms. The zero-order valence-corrected chi connectivity index (χ0v) is 10.8. The molecule has 3 aromatic rings. The van der Waals surface area contributed by atoms with Crippen molar-refractivity contribution in [2.45, 2.75) is 9.24 Å². The molecule has 0 unspecified atom stereocenters. The number of benzene rings is 2. The monoisotopic (exact) mass is 275 g/mol. The van der Waals surface area contributed by atoms with Crippen LogP contribution in [0.1, 0.15) is 0 Å². The summed E-state index contributed by atoms with van der Waals surface area (Å²) in [5.74, 6) is 0.125. The van der Waals surface area contributed by atoms with Gasteiger partial charge in [0.1, 0.15) is 11.5 Å². The van der Waals surface area contributed by atoms with Crippen molar-refractivity contribution in [1.29, 1.82) is 0 Å². The predicted octanol–water partition coefficient (Wildman–Crippen LogP) is 3.86. The zero-order valence-electron chi connectivity index (χ0n) is 9.20. The van der Waals surface area contributed by atoms with Gasteiger partial charge in [0.2, 0.25) is 0 Å². The largest absolute Gasteiger partial charge is 0.508 e. The van der Waals surface area contributed by atoms with E-state index in [0.29, 0.717) is 4.90 Å². The summed E-state index contributed by atoms with van der Waals surface area (Å²) in [4.78, 5) is 5.17. The predicted molar refractivity (Wildman–Crippen MR) is 73.5 cm³/mol. The van der Waals surface area contributed by atoms with Crippen molar-refractivity contribution in [2.75, 3.05) is 0 Å². The van der Waals surface area contributed by atoms with E-state index in [-0.39, 0.29) is 11.5 Å². The number of aromatic nitrogens is 1. The molecule has 5 heteroatoms. The van der Waals surface area contributed by atoms with Crippen molar-refractivity contribution < 1.29 is 10.2 Å². The molecule has 0 atom stereocenters. The molecule has 0 aliphatic carbocycles. The number of hydrogen-bond acceptors (Lipinski definition) is 5. The summed E-state index contributed by atoms with van der Waals surface area (Å²) in [6.45, 7) is 0. The van der Waals surface area contributed by atoms with Gasteiger partial charge in [-0.3, -0.25) is 0 Å². The lowest BCUT2D eigenvalue weighted by atomic mass is 10.3. The van der Waals surface area contributed by atoms with Gasteiger partial charge < -0.3 is 10.2 Å². The third-order valence-electron chi connectivity index (χ3n) is 2.41. The molecule has 0 saturated carbocycles. The summed E-state index contributed by atoms with van der Waals surface area (Å²) in [5, 5.41) is 19.0. The smallest absolute Gasteiger partial charge is 0.156 e. The Kier molecular flexibility index (Phi) is 2.85.